The normalized spacial score (nSPS) is 14.6. The van der Waals surface area contributed by atoms with Crippen LogP contribution in [0.15, 0.2) is 29.4 Å². The summed E-state index contributed by atoms with van der Waals surface area (Å²) in [6, 6.07) is 6.62. The zero-order valence-corrected chi connectivity index (χ0v) is 10.6. The summed E-state index contributed by atoms with van der Waals surface area (Å²) in [6.45, 7) is 1.73. The Hall–Kier alpha value is -1.56. The fraction of sp³-hybridized carbons (Fsp3) is 0.364. The highest BCUT2D eigenvalue weighted by Crippen LogP contribution is 2.16. The molecule has 0 radical (unpaired) electrons. The number of nitrogens with two attached hydrogens (primary N) is 1. The Kier molecular flexibility index (Phi) is 4.11. The predicted octanol–water partition coefficient (Wildman–Crippen LogP) is 1.27. The first-order valence-corrected chi connectivity index (χ1v) is 7.12. The zero-order chi connectivity index (χ0) is 13.1. The number of rotatable bonds is 4. The minimum absolute atomic E-state index is 0.127. The summed E-state index contributed by atoms with van der Waals surface area (Å²) in [5.41, 5.74) is 6.75. The van der Waals surface area contributed by atoms with Gasteiger partial charge < -0.3 is 10.9 Å². The van der Waals surface area contributed by atoms with Crippen molar-refractivity contribution in [2.75, 3.05) is 12.0 Å². The molecule has 1 atom stereocenters. The highest BCUT2D eigenvalue weighted by molar-refractivity contribution is 7.92. The summed E-state index contributed by atoms with van der Waals surface area (Å²) in [6.07, 6.45) is 1.46. The molecule has 94 valence electrons. The molecule has 0 fully saturated rings. The number of nitrogen functional groups attached to an aromatic ring is 1. The van der Waals surface area contributed by atoms with Crippen molar-refractivity contribution in [2.24, 2.45) is 5.16 Å². The van der Waals surface area contributed by atoms with Crippen molar-refractivity contribution in [1.29, 1.82) is 0 Å². The second-order valence-electron chi connectivity index (χ2n) is 3.84. The van der Waals surface area contributed by atoms with Crippen molar-refractivity contribution < 1.29 is 13.6 Å². The SMILES string of the molecule is CC[C@@H](/C(=N\O)c1cccc(N)c1)S(C)(=O)=O. The average molecular weight is 256 g/mol. The molecule has 0 aliphatic carbocycles. The van der Waals surface area contributed by atoms with E-state index in [4.69, 9.17) is 10.9 Å². The molecule has 0 spiro atoms. The van der Waals surface area contributed by atoms with Gasteiger partial charge in [-0.2, -0.15) is 0 Å². The molecule has 6 heteroatoms. The number of oxime groups is 1. The van der Waals surface area contributed by atoms with Crippen LogP contribution in [-0.4, -0.2) is 30.8 Å². The first-order chi connectivity index (χ1) is 7.90. The van der Waals surface area contributed by atoms with E-state index in [1.54, 1.807) is 31.2 Å². The van der Waals surface area contributed by atoms with Crippen LogP contribution in [0.2, 0.25) is 0 Å². The second-order valence-corrected chi connectivity index (χ2v) is 6.07. The smallest absolute Gasteiger partial charge is 0.156 e. The Morgan fingerprint density at radius 2 is 2.18 bits per heavy atom. The standard InChI is InChI=1S/C11H16N2O3S/c1-3-10(17(2,15)16)11(13-14)8-5-4-6-9(12)7-8/h4-7,10,14H,3,12H2,1-2H3/b13-11-/t10-/m0/s1. The number of hydrogen-bond acceptors (Lipinski definition) is 5. The van der Waals surface area contributed by atoms with E-state index >= 15 is 0 Å². The first kappa shape index (κ1) is 13.5. The van der Waals surface area contributed by atoms with Gasteiger partial charge in [-0.1, -0.05) is 24.2 Å². The van der Waals surface area contributed by atoms with Crippen LogP contribution in [0.3, 0.4) is 0 Å². The van der Waals surface area contributed by atoms with E-state index in [1.165, 1.54) is 0 Å². The van der Waals surface area contributed by atoms with Gasteiger partial charge in [-0.05, 0) is 18.6 Å². The maximum Gasteiger partial charge on any atom is 0.156 e. The van der Waals surface area contributed by atoms with Crippen LogP contribution in [0.1, 0.15) is 18.9 Å². The fourth-order valence-corrected chi connectivity index (χ4v) is 2.90. The largest absolute Gasteiger partial charge is 0.411 e. The van der Waals surface area contributed by atoms with Gasteiger partial charge in [0.25, 0.3) is 0 Å². The maximum atomic E-state index is 11.6. The predicted molar refractivity (Wildman–Crippen MR) is 68.1 cm³/mol. The Balaban J connectivity index is 3.25. The van der Waals surface area contributed by atoms with Gasteiger partial charge in [0.15, 0.2) is 9.84 Å². The third-order valence-corrected chi connectivity index (χ3v) is 4.07. The van der Waals surface area contributed by atoms with Crippen molar-refractivity contribution in [3.05, 3.63) is 29.8 Å². The molecular weight excluding hydrogens is 240 g/mol. The quantitative estimate of drug-likeness (QED) is 0.367. The van der Waals surface area contributed by atoms with Crippen LogP contribution >= 0.6 is 0 Å². The average Bonchev–Trinajstić information content (AvgIpc) is 2.23. The van der Waals surface area contributed by atoms with E-state index in [0.29, 0.717) is 17.7 Å². The van der Waals surface area contributed by atoms with Gasteiger partial charge in [0.1, 0.15) is 11.0 Å². The molecule has 17 heavy (non-hydrogen) atoms. The van der Waals surface area contributed by atoms with Crippen molar-refractivity contribution in [1.82, 2.24) is 0 Å². The third kappa shape index (κ3) is 3.20. The van der Waals surface area contributed by atoms with Crippen LogP contribution in [0.5, 0.6) is 0 Å². The lowest BCUT2D eigenvalue weighted by Gasteiger charge is -2.14. The van der Waals surface area contributed by atoms with Gasteiger partial charge >= 0.3 is 0 Å². The van der Waals surface area contributed by atoms with Gasteiger partial charge in [-0.3, -0.25) is 0 Å². The first-order valence-electron chi connectivity index (χ1n) is 5.16. The summed E-state index contributed by atoms with van der Waals surface area (Å²) in [5.74, 6) is 0. The summed E-state index contributed by atoms with van der Waals surface area (Å²) in [4.78, 5) is 0. The fourth-order valence-electron chi connectivity index (χ4n) is 1.70. The molecule has 1 rings (SSSR count). The van der Waals surface area contributed by atoms with Gasteiger partial charge in [0.05, 0.1) is 0 Å². The number of nitrogens with zero attached hydrogens (tertiary/aromatic N) is 1. The van der Waals surface area contributed by atoms with Crippen molar-refractivity contribution in [2.45, 2.75) is 18.6 Å². The minimum Gasteiger partial charge on any atom is -0.411 e. The van der Waals surface area contributed by atoms with Crippen molar-refractivity contribution >= 4 is 21.2 Å². The Morgan fingerprint density at radius 3 is 2.59 bits per heavy atom. The summed E-state index contributed by atoms with van der Waals surface area (Å²) >= 11 is 0. The maximum absolute atomic E-state index is 11.6. The highest BCUT2D eigenvalue weighted by atomic mass is 32.2. The Morgan fingerprint density at radius 1 is 1.53 bits per heavy atom. The van der Waals surface area contributed by atoms with E-state index in [1.807, 2.05) is 0 Å². The van der Waals surface area contributed by atoms with Crippen LogP contribution < -0.4 is 5.73 Å². The van der Waals surface area contributed by atoms with E-state index in [-0.39, 0.29) is 5.71 Å². The second kappa shape index (κ2) is 5.18. The molecule has 0 amide bonds. The lowest BCUT2D eigenvalue weighted by molar-refractivity contribution is 0.318. The number of hydrogen-bond donors (Lipinski definition) is 2. The van der Waals surface area contributed by atoms with E-state index < -0.39 is 15.1 Å². The van der Waals surface area contributed by atoms with E-state index in [0.717, 1.165) is 6.26 Å². The molecule has 1 aromatic rings. The Bertz CT molecular complexity index is 523. The Labute approximate surface area is 101 Å². The number of benzene rings is 1. The van der Waals surface area contributed by atoms with Crippen LogP contribution in [0.4, 0.5) is 5.69 Å². The monoisotopic (exact) mass is 256 g/mol. The minimum atomic E-state index is -3.32. The van der Waals surface area contributed by atoms with Gasteiger partial charge in [-0.15, -0.1) is 0 Å². The van der Waals surface area contributed by atoms with Crippen LogP contribution in [0.25, 0.3) is 0 Å². The molecule has 0 aromatic heterocycles. The van der Waals surface area contributed by atoms with Crippen LogP contribution in [0, 0.1) is 0 Å². The summed E-state index contributed by atoms with van der Waals surface area (Å²) in [7, 11) is -3.32. The third-order valence-electron chi connectivity index (χ3n) is 2.48. The number of sulfone groups is 1. The van der Waals surface area contributed by atoms with E-state index in [2.05, 4.69) is 5.16 Å². The molecule has 1 aromatic carbocycles. The lowest BCUT2D eigenvalue weighted by atomic mass is 10.1. The molecule has 5 nitrogen and oxygen atoms in total. The molecule has 0 saturated carbocycles. The van der Waals surface area contributed by atoms with Gasteiger partial charge in [0.2, 0.25) is 0 Å². The molecule has 0 heterocycles. The van der Waals surface area contributed by atoms with Crippen LogP contribution in [-0.2, 0) is 9.84 Å². The number of anilines is 1. The molecule has 0 aliphatic rings. The lowest BCUT2D eigenvalue weighted by Crippen LogP contribution is -2.29. The summed E-state index contributed by atoms with van der Waals surface area (Å²) < 4.78 is 23.2. The molecule has 0 bridgehead atoms. The molecule has 0 aliphatic heterocycles. The van der Waals surface area contributed by atoms with E-state index in [9.17, 15) is 8.42 Å². The van der Waals surface area contributed by atoms with Crippen molar-refractivity contribution in [3.8, 4) is 0 Å². The van der Waals surface area contributed by atoms with Gasteiger partial charge in [0, 0.05) is 17.5 Å². The van der Waals surface area contributed by atoms with Crippen molar-refractivity contribution in [3.63, 3.8) is 0 Å². The summed E-state index contributed by atoms with van der Waals surface area (Å²) in [5, 5.41) is 11.3. The highest BCUT2D eigenvalue weighted by Gasteiger charge is 2.26. The molecule has 3 N–H and O–H groups in total. The zero-order valence-electron chi connectivity index (χ0n) is 9.79. The molecule has 0 unspecified atom stereocenters. The molecular formula is C11H16N2O3S. The van der Waals surface area contributed by atoms with Gasteiger partial charge in [-0.25, -0.2) is 8.42 Å². The molecule has 0 saturated heterocycles. The topological polar surface area (TPSA) is 92.8 Å².